The second-order valence-corrected chi connectivity index (χ2v) is 11.2. The molecule has 164 valence electrons. The van der Waals surface area contributed by atoms with Crippen LogP contribution in [-0.2, 0) is 9.84 Å². The first-order valence-electron chi connectivity index (χ1n) is 10.3. The lowest BCUT2D eigenvalue weighted by molar-refractivity contribution is 0.413. The lowest BCUT2D eigenvalue weighted by atomic mass is 10.1. The van der Waals surface area contributed by atoms with Crippen LogP contribution in [0.5, 0.6) is 0 Å². The Balaban J connectivity index is 1.55. The van der Waals surface area contributed by atoms with E-state index in [2.05, 4.69) is 22.3 Å². The minimum Gasteiger partial charge on any atom is -0.269 e. The summed E-state index contributed by atoms with van der Waals surface area (Å²) >= 11 is 1.42. The summed E-state index contributed by atoms with van der Waals surface area (Å²) in [6.45, 7) is 0. The Bertz CT molecular complexity index is 1540. The molecule has 1 aliphatic heterocycles. The van der Waals surface area contributed by atoms with Crippen molar-refractivity contribution in [1.29, 1.82) is 10.5 Å². The van der Waals surface area contributed by atoms with E-state index < -0.39 is 9.84 Å². The molecular weight excluding hydrogens is 456 g/mol. The zero-order valence-electron chi connectivity index (χ0n) is 17.4. The summed E-state index contributed by atoms with van der Waals surface area (Å²) < 4.78 is 27.0. The molecule has 0 radical (unpaired) electrons. The fraction of sp³-hybridized carbons (Fsp3) is 0.217. The number of nitrogens with zero attached hydrogens (tertiary/aromatic N) is 6. The van der Waals surface area contributed by atoms with Crippen LogP contribution < -0.4 is 0 Å². The van der Waals surface area contributed by atoms with Crippen LogP contribution in [0.25, 0.3) is 16.6 Å². The molecule has 1 aromatic carbocycles. The monoisotopic (exact) mass is 474 g/mol. The predicted octanol–water partition coefficient (Wildman–Crippen LogP) is 3.84. The Morgan fingerprint density at radius 2 is 1.70 bits per heavy atom. The lowest BCUT2D eigenvalue weighted by Gasteiger charge is -2.22. The molecule has 33 heavy (non-hydrogen) atoms. The molecule has 0 aliphatic carbocycles. The van der Waals surface area contributed by atoms with Crippen LogP contribution in [0.15, 0.2) is 64.9 Å². The van der Waals surface area contributed by atoms with Crippen molar-refractivity contribution >= 4 is 27.1 Å². The van der Waals surface area contributed by atoms with E-state index in [-0.39, 0.29) is 17.5 Å². The highest BCUT2D eigenvalue weighted by molar-refractivity contribution is 7.99. The number of hydrogen-bond donors (Lipinski definition) is 0. The van der Waals surface area contributed by atoms with Gasteiger partial charge in [-0.25, -0.2) is 12.9 Å². The minimum absolute atomic E-state index is 0.0530. The van der Waals surface area contributed by atoms with Gasteiger partial charge < -0.3 is 0 Å². The number of pyridine rings is 1. The summed E-state index contributed by atoms with van der Waals surface area (Å²) in [7, 11) is -2.94. The van der Waals surface area contributed by atoms with E-state index >= 15 is 0 Å². The maximum atomic E-state index is 11.8. The van der Waals surface area contributed by atoms with Crippen LogP contribution in [0.1, 0.15) is 30.0 Å². The molecule has 1 fully saturated rings. The quantitative estimate of drug-likeness (QED) is 0.441. The fourth-order valence-electron chi connectivity index (χ4n) is 4.00. The van der Waals surface area contributed by atoms with Gasteiger partial charge in [0.25, 0.3) is 0 Å². The van der Waals surface area contributed by atoms with Crippen LogP contribution in [-0.4, -0.2) is 39.3 Å². The van der Waals surface area contributed by atoms with Crippen LogP contribution in [0.4, 0.5) is 0 Å². The summed E-state index contributed by atoms with van der Waals surface area (Å²) in [5.74, 6) is 0.365. The molecule has 10 heteroatoms. The first-order valence-corrected chi connectivity index (χ1v) is 12.9. The SMILES string of the molecule is N#Cc1ccccc1Sc1cc(-c2cnn(C3CCS(=O)(=O)CC3)c2)cn2ncc(C#N)c12. The molecule has 1 saturated heterocycles. The van der Waals surface area contributed by atoms with Gasteiger partial charge in [0.15, 0.2) is 0 Å². The van der Waals surface area contributed by atoms with Crippen LogP contribution >= 0.6 is 11.8 Å². The third-order valence-corrected chi connectivity index (χ3v) is 8.58. The molecule has 0 unspecified atom stereocenters. The molecular formula is C23H18N6O2S2. The highest BCUT2D eigenvalue weighted by atomic mass is 32.2. The normalized spacial score (nSPS) is 15.8. The average molecular weight is 475 g/mol. The predicted molar refractivity (Wildman–Crippen MR) is 123 cm³/mol. The molecule has 0 spiro atoms. The van der Waals surface area contributed by atoms with Crippen molar-refractivity contribution < 1.29 is 8.42 Å². The number of rotatable bonds is 4. The van der Waals surface area contributed by atoms with E-state index in [9.17, 15) is 18.9 Å². The van der Waals surface area contributed by atoms with Crippen molar-refractivity contribution in [3.05, 3.63) is 66.2 Å². The van der Waals surface area contributed by atoms with Crippen LogP contribution in [0.3, 0.4) is 0 Å². The molecule has 1 aliphatic rings. The summed E-state index contributed by atoms with van der Waals surface area (Å²) in [6.07, 6.45) is 8.18. The first kappa shape index (κ1) is 21.3. The van der Waals surface area contributed by atoms with Crippen LogP contribution in [0, 0.1) is 22.7 Å². The van der Waals surface area contributed by atoms with Gasteiger partial charge in [0.2, 0.25) is 0 Å². The molecule has 0 atom stereocenters. The molecule has 0 N–H and O–H groups in total. The number of hydrogen-bond acceptors (Lipinski definition) is 7. The zero-order chi connectivity index (χ0) is 23.0. The van der Waals surface area contributed by atoms with E-state index in [4.69, 9.17) is 0 Å². The van der Waals surface area contributed by atoms with Crippen molar-refractivity contribution in [3.8, 4) is 23.3 Å². The molecule has 0 bridgehead atoms. The van der Waals surface area contributed by atoms with Gasteiger partial charge in [0.1, 0.15) is 22.0 Å². The van der Waals surface area contributed by atoms with Gasteiger partial charge in [-0.1, -0.05) is 23.9 Å². The number of sulfone groups is 1. The minimum atomic E-state index is -2.94. The van der Waals surface area contributed by atoms with Gasteiger partial charge in [-0.3, -0.25) is 4.68 Å². The van der Waals surface area contributed by atoms with Gasteiger partial charge in [0, 0.05) is 33.3 Å². The van der Waals surface area contributed by atoms with E-state index in [0.29, 0.717) is 29.5 Å². The summed E-state index contributed by atoms with van der Waals surface area (Å²) in [6, 6.07) is 13.8. The molecule has 0 saturated carbocycles. The molecule has 4 heterocycles. The average Bonchev–Trinajstić information content (AvgIpc) is 3.47. The molecule has 5 rings (SSSR count). The third-order valence-electron chi connectivity index (χ3n) is 5.76. The van der Waals surface area contributed by atoms with Crippen LogP contribution in [0.2, 0.25) is 0 Å². The molecule has 8 nitrogen and oxygen atoms in total. The molecule has 0 amide bonds. The standard InChI is InChI=1S/C23H18N6O2S2/c24-10-16-3-1-2-4-21(16)32-22-9-17(14-29-23(22)18(11-25)12-27-29)19-13-26-28(15-19)20-5-7-33(30,31)8-6-20/h1-4,9,12-15,20H,5-8H2. The van der Waals surface area contributed by atoms with Crippen molar-refractivity contribution in [3.63, 3.8) is 0 Å². The fourth-order valence-corrected chi connectivity index (χ4v) is 6.56. The van der Waals surface area contributed by atoms with Gasteiger partial charge in [0.05, 0.1) is 46.6 Å². The smallest absolute Gasteiger partial charge is 0.150 e. The Kier molecular flexibility index (Phi) is 5.41. The largest absolute Gasteiger partial charge is 0.269 e. The number of aromatic nitrogens is 4. The second kappa shape index (κ2) is 8.39. The summed E-state index contributed by atoms with van der Waals surface area (Å²) in [5, 5.41) is 27.9. The van der Waals surface area contributed by atoms with E-state index in [1.54, 1.807) is 16.8 Å². The topological polar surface area (TPSA) is 117 Å². The highest BCUT2D eigenvalue weighted by Crippen LogP contribution is 2.37. The number of nitriles is 2. The zero-order valence-corrected chi connectivity index (χ0v) is 19.1. The Hall–Kier alpha value is -3.60. The lowest BCUT2D eigenvalue weighted by Crippen LogP contribution is -2.25. The number of benzene rings is 1. The van der Waals surface area contributed by atoms with Crippen molar-refractivity contribution in [2.24, 2.45) is 0 Å². The number of fused-ring (bicyclic) bond motifs is 1. The van der Waals surface area contributed by atoms with E-state index in [0.717, 1.165) is 20.9 Å². The van der Waals surface area contributed by atoms with E-state index in [1.807, 2.05) is 41.3 Å². The van der Waals surface area contributed by atoms with Crippen molar-refractivity contribution in [2.45, 2.75) is 28.7 Å². The highest BCUT2D eigenvalue weighted by Gasteiger charge is 2.25. The molecule has 3 aromatic heterocycles. The maximum absolute atomic E-state index is 11.8. The van der Waals surface area contributed by atoms with Gasteiger partial charge in [-0.05, 0) is 31.0 Å². The second-order valence-electron chi connectivity index (χ2n) is 7.86. The van der Waals surface area contributed by atoms with Crippen molar-refractivity contribution in [1.82, 2.24) is 19.4 Å². The van der Waals surface area contributed by atoms with Gasteiger partial charge in [-0.15, -0.1) is 0 Å². The van der Waals surface area contributed by atoms with Gasteiger partial charge >= 0.3 is 0 Å². The maximum Gasteiger partial charge on any atom is 0.150 e. The Morgan fingerprint density at radius 1 is 0.939 bits per heavy atom. The first-order chi connectivity index (χ1) is 16.0. The Labute approximate surface area is 195 Å². The van der Waals surface area contributed by atoms with E-state index in [1.165, 1.54) is 18.0 Å². The summed E-state index contributed by atoms with van der Waals surface area (Å²) in [4.78, 5) is 1.60. The van der Waals surface area contributed by atoms with Gasteiger partial charge in [-0.2, -0.15) is 20.7 Å². The Morgan fingerprint density at radius 3 is 2.45 bits per heavy atom. The summed E-state index contributed by atoms with van der Waals surface area (Å²) in [5.41, 5.74) is 3.43. The third kappa shape index (κ3) is 4.11. The molecule has 4 aromatic rings. The van der Waals surface area contributed by atoms with Crippen molar-refractivity contribution in [2.75, 3.05) is 11.5 Å².